The lowest BCUT2D eigenvalue weighted by atomic mass is 10.2. The molecule has 0 spiro atoms. The van der Waals surface area contributed by atoms with Crippen molar-refractivity contribution >= 4 is 24.3 Å². The van der Waals surface area contributed by atoms with E-state index in [1.165, 1.54) is 6.08 Å². The summed E-state index contributed by atoms with van der Waals surface area (Å²) in [5.74, 6) is -0.253. The summed E-state index contributed by atoms with van der Waals surface area (Å²) in [5, 5.41) is 6.36. The summed E-state index contributed by atoms with van der Waals surface area (Å²) in [6, 6.07) is 0.863. The van der Waals surface area contributed by atoms with Gasteiger partial charge in [0, 0.05) is 19.0 Å². The van der Waals surface area contributed by atoms with E-state index in [1.54, 1.807) is 6.07 Å². The first-order valence-electron chi connectivity index (χ1n) is 6.25. The Hall–Kier alpha value is -1.86. The lowest BCUT2D eigenvalue weighted by Gasteiger charge is -2.11. The second-order valence-electron chi connectivity index (χ2n) is 4.26. The average molecular weight is 318 g/mol. The Balaban J connectivity index is 0.00000400. The highest BCUT2D eigenvalue weighted by Gasteiger charge is 2.18. The second kappa shape index (κ2) is 9.95. The van der Waals surface area contributed by atoms with Gasteiger partial charge in [0.2, 0.25) is 5.91 Å². The molecule has 7 nitrogen and oxygen atoms in total. The Morgan fingerprint density at radius 2 is 2.33 bits per heavy atom. The van der Waals surface area contributed by atoms with E-state index in [-0.39, 0.29) is 25.4 Å². The van der Waals surface area contributed by atoms with Gasteiger partial charge in [-0.05, 0) is 6.92 Å². The lowest BCUT2D eigenvalue weighted by Crippen LogP contribution is -2.42. The molecule has 0 fully saturated rings. The SMILES string of the molecule is C=CCOC(=O)C[C@H](N)C(=O)NCCc1cc(C)no1.Cl. The Bertz CT molecular complexity index is 476. The van der Waals surface area contributed by atoms with Crippen LogP contribution in [0.25, 0.3) is 0 Å². The highest BCUT2D eigenvalue weighted by atomic mass is 35.5. The summed E-state index contributed by atoms with van der Waals surface area (Å²) in [5.41, 5.74) is 6.38. The van der Waals surface area contributed by atoms with Gasteiger partial charge in [-0.2, -0.15) is 0 Å². The first-order valence-corrected chi connectivity index (χ1v) is 6.25. The van der Waals surface area contributed by atoms with E-state index in [9.17, 15) is 9.59 Å². The van der Waals surface area contributed by atoms with E-state index in [2.05, 4.69) is 17.1 Å². The Morgan fingerprint density at radius 1 is 1.62 bits per heavy atom. The van der Waals surface area contributed by atoms with Crippen LogP contribution in [-0.2, 0) is 20.7 Å². The van der Waals surface area contributed by atoms with E-state index < -0.39 is 17.9 Å². The molecule has 0 saturated carbocycles. The number of nitrogens with zero attached hydrogens (tertiary/aromatic N) is 1. The normalized spacial score (nSPS) is 11.1. The maximum atomic E-state index is 11.6. The molecule has 0 saturated heterocycles. The highest BCUT2D eigenvalue weighted by Crippen LogP contribution is 2.02. The van der Waals surface area contributed by atoms with Crippen molar-refractivity contribution in [1.82, 2.24) is 10.5 Å². The van der Waals surface area contributed by atoms with Crippen LogP contribution in [0.15, 0.2) is 23.2 Å². The van der Waals surface area contributed by atoms with Crippen LogP contribution in [0.4, 0.5) is 0 Å². The topological polar surface area (TPSA) is 107 Å². The quantitative estimate of drug-likeness (QED) is 0.534. The number of aromatic nitrogens is 1. The highest BCUT2D eigenvalue weighted by molar-refractivity contribution is 5.86. The summed E-state index contributed by atoms with van der Waals surface area (Å²) >= 11 is 0. The van der Waals surface area contributed by atoms with Crippen molar-refractivity contribution in [3.63, 3.8) is 0 Å². The molecule has 0 aliphatic carbocycles. The number of ether oxygens (including phenoxy) is 1. The fraction of sp³-hybridized carbons (Fsp3) is 0.462. The van der Waals surface area contributed by atoms with Crippen molar-refractivity contribution in [1.29, 1.82) is 0 Å². The fourth-order valence-corrected chi connectivity index (χ4v) is 1.46. The zero-order valence-corrected chi connectivity index (χ0v) is 12.6. The molecule has 8 heteroatoms. The van der Waals surface area contributed by atoms with Crippen molar-refractivity contribution in [2.24, 2.45) is 5.73 Å². The molecule has 0 aliphatic heterocycles. The number of carbonyl (C=O) groups is 2. The molecule has 0 aromatic carbocycles. The molecule has 0 unspecified atom stereocenters. The number of halogens is 1. The molecular formula is C13H20ClN3O4. The van der Waals surface area contributed by atoms with Gasteiger partial charge in [0.25, 0.3) is 0 Å². The van der Waals surface area contributed by atoms with Crippen molar-refractivity contribution < 1.29 is 18.8 Å². The van der Waals surface area contributed by atoms with Gasteiger partial charge in [-0.1, -0.05) is 17.8 Å². The minimum atomic E-state index is -0.927. The smallest absolute Gasteiger partial charge is 0.308 e. The minimum Gasteiger partial charge on any atom is -0.461 e. The molecule has 0 radical (unpaired) electrons. The third-order valence-electron chi connectivity index (χ3n) is 2.43. The predicted molar refractivity (Wildman–Crippen MR) is 79.0 cm³/mol. The van der Waals surface area contributed by atoms with Gasteiger partial charge in [0.05, 0.1) is 18.2 Å². The number of nitrogens with two attached hydrogens (primary N) is 1. The molecule has 0 bridgehead atoms. The Kier molecular flexibility index (Phi) is 9.07. The second-order valence-corrected chi connectivity index (χ2v) is 4.26. The lowest BCUT2D eigenvalue weighted by molar-refractivity contribution is -0.144. The van der Waals surface area contributed by atoms with Crippen molar-refractivity contribution in [3.05, 3.63) is 30.2 Å². The largest absolute Gasteiger partial charge is 0.461 e. The Morgan fingerprint density at radius 3 is 2.90 bits per heavy atom. The van der Waals surface area contributed by atoms with Crippen LogP contribution in [-0.4, -0.2) is 36.2 Å². The van der Waals surface area contributed by atoms with Crippen LogP contribution in [0, 0.1) is 6.92 Å². The minimum absolute atomic E-state index is 0. The van der Waals surface area contributed by atoms with Crippen molar-refractivity contribution in [3.8, 4) is 0 Å². The van der Waals surface area contributed by atoms with Crippen LogP contribution in [0.5, 0.6) is 0 Å². The van der Waals surface area contributed by atoms with Crippen LogP contribution < -0.4 is 11.1 Å². The standard InChI is InChI=1S/C13H19N3O4.ClH/c1-3-6-19-12(17)8-11(14)13(18)15-5-4-10-7-9(2)16-20-10;/h3,7,11H,1,4-6,8,14H2,2H3,(H,15,18);1H/t11-;/m0./s1. The molecule has 21 heavy (non-hydrogen) atoms. The fourth-order valence-electron chi connectivity index (χ4n) is 1.46. The number of hydrogen-bond acceptors (Lipinski definition) is 6. The number of carbonyl (C=O) groups excluding carboxylic acids is 2. The predicted octanol–water partition coefficient (Wildman–Crippen LogP) is 0.510. The molecule has 0 aliphatic rings. The molecule has 118 valence electrons. The van der Waals surface area contributed by atoms with Crippen molar-refractivity contribution in [2.75, 3.05) is 13.2 Å². The summed E-state index contributed by atoms with van der Waals surface area (Å²) in [6.45, 7) is 5.71. The molecule has 1 heterocycles. The van der Waals surface area contributed by atoms with Crippen LogP contribution in [0.2, 0.25) is 0 Å². The molecule has 1 aromatic heterocycles. The average Bonchev–Trinajstić information content (AvgIpc) is 2.81. The number of nitrogens with one attached hydrogen (secondary N) is 1. The monoisotopic (exact) mass is 317 g/mol. The Labute approximate surface area is 129 Å². The van der Waals surface area contributed by atoms with Gasteiger partial charge in [-0.25, -0.2) is 0 Å². The first-order chi connectivity index (χ1) is 9.52. The number of rotatable bonds is 8. The van der Waals surface area contributed by atoms with E-state index >= 15 is 0 Å². The van der Waals surface area contributed by atoms with Gasteiger partial charge in [0.1, 0.15) is 12.4 Å². The van der Waals surface area contributed by atoms with Crippen LogP contribution in [0.1, 0.15) is 17.9 Å². The third kappa shape index (κ3) is 7.48. The van der Waals surface area contributed by atoms with Crippen LogP contribution >= 0.6 is 12.4 Å². The third-order valence-corrected chi connectivity index (χ3v) is 2.43. The van der Waals surface area contributed by atoms with Gasteiger partial charge < -0.3 is 20.3 Å². The van der Waals surface area contributed by atoms with Gasteiger partial charge in [-0.3, -0.25) is 9.59 Å². The maximum Gasteiger partial charge on any atom is 0.308 e. The van der Waals surface area contributed by atoms with E-state index in [0.29, 0.717) is 18.7 Å². The summed E-state index contributed by atoms with van der Waals surface area (Å²) in [7, 11) is 0. The summed E-state index contributed by atoms with van der Waals surface area (Å²) < 4.78 is 9.75. The van der Waals surface area contributed by atoms with Crippen molar-refractivity contribution in [2.45, 2.75) is 25.8 Å². The first kappa shape index (κ1) is 19.1. The van der Waals surface area contributed by atoms with Gasteiger partial charge >= 0.3 is 5.97 Å². The number of esters is 1. The number of amides is 1. The van der Waals surface area contributed by atoms with E-state index in [4.69, 9.17) is 15.0 Å². The molecule has 1 aromatic rings. The zero-order valence-electron chi connectivity index (χ0n) is 11.8. The zero-order chi connectivity index (χ0) is 15.0. The van der Waals surface area contributed by atoms with Crippen LogP contribution in [0.3, 0.4) is 0 Å². The molecule has 1 amide bonds. The molecular weight excluding hydrogens is 298 g/mol. The van der Waals surface area contributed by atoms with Gasteiger partial charge in [-0.15, -0.1) is 12.4 Å². The maximum absolute atomic E-state index is 11.6. The number of aryl methyl sites for hydroxylation is 1. The van der Waals surface area contributed by atoms with Gasteiger partial charge in [0.15, 0.2) is 0 Å². The van der Waals surface area contributed by atoms with E-state index in [1.807, 2.05) is 6.92 Å². The summed E-state index contributed by atoms with van der Waals surface area (Å²) in [6.07, 6.45) is 1.80. The molecule has 1 rings (SSSR count). The molecule has 1 atom stereocenters. The summed E-state index contributed by atoms with van der Waals surface area (Å²) in [4.78, 5) is 22.9. The molecule has 3 N–H and O–H groups in total. The van der Waals surface area contributed by atoms with E-state index in [0.717, 1.165) is 5.69 Å². The number of hydrogen-bond donors (Lipinski definition) is 2.